The van der Waals surface area contributed by atoms with E-state index in [1.54, 1.807) is 39.5 Å². The summed E-state index contributed by atoms with van der Waals surface area (Å²) in [5.41, 5.74) is 1.31. The first-order valence-electron chi connectivity index (χ1n) is 7.57. The Hall–Kier alpha value is -2.83. The molecule has 0 fully saturated rings. The van der Waals surface area contributed by atoms with Gasteiger partial charge in [-0.25, -0.2) is 13.6 Å². The lowest BCUT2D eigenvalue weighted by Gasteiger charge is -2.18. The van der Waals surface area contributed by atoms with Crippen LogP contribution in [0.15, 0.2) is 36.4 Å². The van der Waals surface area contributed by atoms with Gasteiger partial charge in [0.2, 0.25) is 0 Å². The molecule has 0 unspecified atom stereocenters. The van der Waals surface area contributed by atoms with Gasteiger partial charge in [-0.2, -0.15) is 0 Å². The third kappa shape index (κ3) is 5.07. The minimum absolute atomic E-state index is 0.157. The van der Waals surface area contributed by atoms with Crippen LogP contribution in [0.25, 0.3) is 0 Å². The summed E-state index contributed by atoms with van der Waals surface area (Å²) in [5.74, 6) is -0.602. The van der Waals surface area contributed by atoms with E-state index in [1.807, 2.05) is 0 Å². The maximum atomic E-state index is 13.2. The van der Waals surface area contributed by atoms with Crippen molar-refractivity contribution < 1.29 is 23.0 Å². The number of carbonyl (C=O) groups excluding carboxylic acids is 1. The van der Waals surface area contributed by atoms with E-state index in [0.717, 1.165) is 17.7 Å². The molecule has 25 heavy (non-hydrogen) atoms. The molecule has 0 radical (unpaired) electrons. The molecule has 134 valence electrons. The minimum Gasteiger partial charge on any atom is -0.497 e. The summed E-state index contributed by atoms with van der Waals surface area (Å²) in [6.45, 7) is 0.430. The monoisotopic (exact) mass is 350 g/mol. The van der Waals surface area contributed by atoms with E-state index in [0.29, 0.717) is 17.1 Å². The Bertz CT molecular complexity index is 731. The van der Waals surface area contributed by atoms with Crippen LogP contribution in [0.5, 0.6) is 11.5 Å². The van der Waals surface area contributed by atoms with Crippen molar-refractivity contribution in [3.05, 3.63) is 59.2 Å². The summed E-state index contributed by atoms with van der Waals surface area (Å²) in [6.07, 6.45) is 0. The second-order valence-corrected chi connectivity index (χ2v) is 5.48. The zero-order valence-corrected chi connectivity index (χ0v) is 14.3. The summed E-state index contributed by atoms with van der Waals surface area (Å²) in [5, 5.41) is 2.76. The fraction of sp³-hybridized carbons (Fsp3) is 0.278. The van der Waals surface area contributed by atoms with Gasteiger partial charge >= 0.3 is 6.03 Å². The van der Waals surface area contributed by atoms with Gasteiger partial charge < -0.3 is 19.7 Å². The Morgan fingerprint density at radius 3 is 2.20 bits per heavy atom. The standard InChI is InChI=1S/C18H20F2N2O3/c1-22(11-12-4-5-16(19)17(20)8-12)18(23)21-10-13-6-14(24-2)9-15(7-13)25-3/h4-9H,10-11H2,1-3H3,(H,21,23). The number of methoxy groups -OCH3 is 2. The number of hydrogen-bond donors (Lipinski definition) is 1. The maximum Gasteiger partial charge on any atom is 0.317 e. The fourth-order valence-corrected chi connectivity index (χ4v) is 2.26. The second kappa shape index (κ2) is 8.32. The lowest BCUT2D eigenvalue weighted by atomic mass is 10.2. The highest BCUT2D eigenvalue weighted by atomic mass is 19.2. The van der Waals surface area contributed by atoms with Gasteiger partial charge in [0.1, 0.15) is 11.5 Å². The Morgan fingerprint density at radius 1 is 1.00 bits per heavy atom. The van der Waals surface area contributed by atoms with Crippen LogP contribution in [-0.4, -0.2) is 32.2 Å². The van der Waals surface area contributed by atoms with Gasteiger partial charge in [-0.1, -0.05) is 6.07 Å². The number of carbonyl (C=O) groups is 1. The SMILES string of the molecule is COc1cc(CNC(=O)N(C)Cc2ccc(F)c(F)c2)cc(OC)c1. The molecular weight excluding hydrogens is 330 g/mol. The molecule has 0 atom stereocenters. The smallest absolute Gasteiger partial charge is 0.317 e. The van der Waals surface area contributed by atoms with E-state index in [1.165, 1.54) is 11.0 Å². The van der Waals surface area contributed by atoms with Gasteiger partial charge in [-0.05, 0) is 35.4 Å². The molecule has 2 amide bonds. The van der Waals surface area contributed by atoms with Crippen LogP contribution in [-0.2, 0) is 13.1 Å². The number of urea groups is 1. The molecule has 0 aliphatic rings. The topological polar surface area (TPSA) is 50.8 Å². The van der Waals surface area contributed by atoms with Crippen molar-refractivity contribution in [3.8, 4) is 11.5 Å². The summed E-state index contributed by atoms with van der Waals surface area (Å²) in [6, 6.07) is 8.53. The first-order chi connectivity index (χ1) is 11.9. The van der Waals surface area contributed by atoms with E-state index in [2.05, 4.69) is 5.32 Å². The van der Waals surface area contributed by atoms with E-state index in [9.17, 15) is 13.6 Å². The first-order valence-corrected chi connectivity index (χ1v) is 7.57. The lowest BCUT2D eigenvalue weighted by molar-refractivity contribution is 0.206. The van der Waals surface area contributed by atoms with Gasteiger partial charge in [0.25, 0.3) is 0 Å². The molecule has 1 N–H and O–H groups in total. The molecule has 0 spiro atoms. The molecule has 0 aromatic heterocycles. The lowest BCUT2D eigenvalue weighted by Crippen LogP contribution is -2.36. The zero-order valence-electron chi connectivity index (χ0n) is 14.3. The number of rotatable bonds is 6. The Labute approximate surface area is 145 Å². The number of benzene rings is 2. The highest BCUT2D eigenvalue weighted by Crippen LogP contribution is 2.22. The molecule has 2 rings (SSSR count). The summed E-state index contributed by atoms with van der Waals surface area (Å²) in [7, 11) is 4.67. The molecule has 0 bridgehead atoms. The molecule has 7 heteroatoms. The van der Waals surface area contributed by atoms with Crippen LogP contribution >= 0.6 is 0 Å². The zero-order chi connectivity index (χ0) is 18.4. The third-order valence-electron chi connectivity index (χ3n) is 3.61. The number of amides is 2. The average molecular weight is 350 g/mol. The van der Waals surface area contributed by atoms with Crippen molar-refractivity contribution in [1.82, 2.24) is 10.2 Å². The first kappa shape index (κ1) is 18.5. The second-order valence-electron chi connectivity index (χ2n) is 5.48. The molecule has 0 aliphatic heterocycles. The van der Waals surface area contributed by atoms with Crippen LogP contribution in [0, 0.1) is 11.6 Å². The van der Waals surface area contributed by atoms with Gasteiger partial charge in [-0.15, -0.1) is 0 Å². The molecule has 0 saturated heterocycles. The minimum atomic E-state index is -0.935. The average Bonchev–Trinajstić information content (AvgIpc) is 2.62. The van der Waals surface area contributed by atoms with Crippen molar-refractivity contribution in [2.45, 2.75) is 13.1 Å². The Kier molecular flexibility index (Phi) is 6.16. The molecule has 0 aliphatic carbocycles. The quantitative estimate of drug-likeness (QED) is 0.869. The van der Waals surface area contributed by atoms with Crippen LogP contribution in [0.4, 0.5) is 13.6 Å². The number of halogens is 2. The van der Waals surface area contributed by atoms with Gasteiger partial charge in [-0.3, -0.25) is 0 Å². The van der Waals surface area contributed by atoms with Gasteiger partial charge in [0.15, 0.2) is 11.6 Å². The summed E-state index contributed by atoms with van der Waals surface area (Å²) in [4.78, 5) is 13.5. The summed E-state index contributed by atoms with van der Waals surface area (Å²) < 4.78 is 36.5. The fourth-order valence-electron chi connectivity index (χ4n) is 2.26. The van der Waals surface area contributed by atoms with Gasteiger partial charge in [0, 0.05) is 26.2 Å². The molecule has 2 aromatic carbocycles. The van der Waals surface area contributed by atoms with E-state index < -0.39 is 11.6 Å². The van der Waals surface area contributed by atoms with E-state index in [-0.39, 0.29) is 19.1 Å². The molecule has 5 nitrogen and oxygen atoms in total. The molecule has 0 heterocycles. The van der Waals surface area contributed by atoms with Crippen molar-refractivity contribution in [3.63, 3.8) is 0 Å². The highest BCUT2D eigenvalue weighted by molar-refractivity contribution is 5.73. The number of nitrogens with one attached hydrogen (secondary N) is 1. The maximum absolute atomic E-state index is 13.2. The molecule has 2 aromatic rings. The predicted octanol–water partition coefficient (Wildman–Crippen LogP) is 3.32. The number of ether oxygens (including phenoxy) is 2. The van der Waals surface area contributed by atoms with Crippen molar-refractivity contribution in [1.29, 1.82) is 0 Å². The number of hydrogen-bond acceptors (Lipinski definition) is 3. The normalized spacial score (nSPS) is 10.3. The van der Waals surface area contributed by atoms with Crippen molar-refractivity contribution in [2.24, 2.45) is 0 Å². The number of nitrogens with zero attached hydrogens (tertiary/aromatic N) is 1. The van der Waals surface area contributed by atoms with Gasteiger partial charge in [0.05, 0.1) is 14.2 Å². The molecule has 0 saturated carbocycles. The highest BCUT2D eigenvalue weighted by Gasteiger charge is 2.11. The van der Waals surface area contributed by atoms with E-state index in [4.69, 9.17) is 9.47 Å². The Morgan fingerprint density at radius 2 is 1.64 bits per heavy atom. The largest absolute Gasteiger partial charge is 0.497 e. The van der Waals surface area contributed by atoms with Crippen LogP contribution in [0.2, 0.25) is 0 Å². The molecular formula is C18H20F2N2O3. The van der Waals surface area contributed by atoms with Crippen LogP contribution in [0.1, 0.15) is 11.1 Å². The Balaban J connectivity index is 1.96. The van der Waals surface area contributed by atoms with E-state index >= 15 is 0 Å². The van der Waals surface area contributed by atoms with Crippen molar-refractivity contribution in [2.75, 3.05) is 21.3 Å². The summed E-state index contributed by atoms with van der Waals surface area (Å²) >= 11 is 0. The van der Waals surface area contributed by atoms with Crippen molar-refractivity contribution >= 4 is 6.03 Å². The van der Waals surface area contributed by atoms with Crippen LogP contribution < -0.4 is 14.8 Å². The third-order valence-corrected chi connectivity index (χ3v) is 3.61. The predicted molar refractivity (Wildman–Crippen MR) is 89.6 cm³/mol. The van der Waals surface area contributed by atoms with Crippen LogP contribution in [0.3, 0.4) is 0 Å².